The molecule has 0 amide bonds. The molecular weight excluding hydrogens is 284 g/mol. The van der Waals surface area contributed by atoms with Gasteiger partial charge in [0.1, 0.15) is 0 Å². The molecule has 0 bridgehead atoms. The summed E-state index contributed by atoms with van der Waals surface area (Å²) in [6.45, 7) is 12.4. The fourth-order valence-corrected chi connectivity index (χ4v) is 2.16. The van der Waals surface area contributed by atoms with Crippen LogP contribution in [-0.4, -0.2) is 43.6 Å². The molecule has 23 heavy (non-hydrogen) atoms. The van der Waals surface area contributed by atoms with Crippen molar-refractivity contribution in [2.24, 2.45) is 4.99 Å². The van der Waals surface area contributed by atoms with Crippen molar-refractivity contribution >= 4 is 5.96 Å². The van der Waals surface area contributed by atoms with Crippen molar-refractivity contribution in [3.8, 4) is 0 Å². The Morgan fingerprint density at radius 3 is 2.43 bits per heavy atom. The summed E-state index contributed by atoms with van der Waals surface area (Å²) in [4.78, 5) is 7.04. The molecule has 0 fully saturated rings. The first-order chi connectivity index (χ1) is 11.0. The third-order valence-electron chi connectivity index (χ3n) is 4.00. The van der Waals surface area contributed by atoms with Crippen LogP contribution in [0.2, 0.25) is 0 Å². The average Bonchev–Trinajstić information content (AvgIpc) is 2.53. The fraction of sp³-hybridized carbons (Fsp3) is 0.632. The van der Waals surface area contributed by atoms with Crippen LogP contribution in [0, 0.1) is 6.92 Å². The molecule has 1 aromatic carbocycles. The highest BCUT2D eigenvalue weighted by atomic mass is 15.2. The Balaban J connectivity index is 2.33. The Hall–Kier alpha value is -1.55. The molecule has 0 aliphatic rings. The third kappa shape index (κ3) is 8.60. The molecule has 0 atom stereocenters. The van der Waals surface area contributed by atoms with Crippen LogP contribution in [-0.2, 0) is 6.54 Å². The van der Waals surface area contributed by atoms with Gasteiger partial charge >= 0.3 is 0 Å². The molecule has 4 nitrogen and oxygen atoms in total. The van der Waals surface area contributed by atoms with E-state index >= 15 is 0 Å². The van der Waals surface area contributed by atoms with Gasteiger partial charge in [-0.05, 0) is 59.7 Å². The number of nitrogens with zero attached hydrogens (tertiary/aromatic N) is 2. The van der Waals surface area contributed by atoms with Crippen molar-refractivity contribution in [3.05, 3.63) is 35.4 Å². The van der Waals surface area contributed by atoms with Crippen molar-refractivity contribution in [1.82, 2.24) is 15.5 Å². The van der Waals surface area contributed by atoms with Gasteiger partial charge in [-0.1, -0.05) is 29.8 Å². The number of aryl methyl sites for hydroxylation is 1. The van der Waals surface area contributed by atoms with Gasteiger partial charge in [0.2, 0.25) is 0 Å². The number of guanidine groups is 1. The predicted octanol–water partition coefficient (Wildman–Crippen LogP) is 3.17. The molecule has 1 aromatic rings. The van der Waals surface area contributed by atoms with Gasteiger partial charge in [-0.2, -0.15) is 0 Å². The van der Waals surface area contributed by atoms with Gasteiger partial charge in [0.25, 0.3) is 0 Å². The van der Waals surface area contributed by atoms with Crippen molar-refractivity contribution in [3.63, 3.8) is 0 Å². The molecule has 0 aliphatic heterocycles. The Morgan fingerprint density at radius 2 is 1.83 bits per heavy atom. The smallest absolute Gasteiger partial charge is 0.191 e. The van der Waals surface area contributed by atoms with E-state index in [0.29, 0.717) is 12.6 Å². The van der Waals surface area contributed by atoms with Gasteiger partial charge in [0.05, 0.1) is 6.54 Å². The van der Waals surface area contributed by atoms with E-state index in [2.05, 4.69) is 79.5 Å². The highest BCUT2D eigenvalue weighted by Crippen LogP contribution is 2.04. The zero-order valence-corrected chi connectivity index (χ0v) is 15.5. The van der Waals surface area contributed by atoms with Crippen molar-refractivity contribution in [2.45, 2.75) is 53.1 Å². The zero-order valence-electron chi connectivity index (χ0n) is 15.5. The Morgan fingerprint density at radius 1 is 1.13 bits per heavy atom. The number of hydrogen-bond donors (Lipinski definition) is 2. The maximum Gasteiger partial charge on any atom is 0.191 e. The van der Waals surface area contributed by atoms with E-state index in [1.54, 1.807) is 0 Å². The number of nitrogens with one attached hydrogen (secondary N) is 2. The minimum Gasteiger partial charge on any atom is -0.357 e. The van der Waals surface area contributed by atoms with E-state index in [1.807, 2.05) is 0 Å². The van der Waals surface area contributed by atoms with Gasteiger partial charge in [-0.25, -0.2) is 4.99 Å². The van der Waals surface area contributed by atoms with Crippen molar-refractivity contribution < 1.29 is 0 Å². The SMILES string of the molecule is CCNC(=NCc1ccc(C)cc1)NCCCCN(C)C(C)C. The summed E-state index contributed by atoms with van der Waals surface area (Å²) in [5, 5.41) is 6.74. The van der Waals surface area contributed by atoms with Crippen LogP contribution in [0.5, 0.6) is 0 Å². The average molecular weight is 319 g/mol. The van der Waals surface area contributed by atoms with Crippen LogP contribution >= 0.6 is 0 Å². The molecule has 0 saturated heterocycles. The number of hydrogen-bond acceptors (Lipinski definition) is 2. The van der Waals surface area contributed by atoms with Crippen LogP contribution in [0.25, 0.3) is 0 Å². The predicted molar refractivity (Wildman–Crippen MR) is 101 cm³/mol. The summed E-state index contributed by atoms with van der Waals surface area (Å²) >= 11 is 0. The Kier molecular flexibility index (Phi) is 9.37. The van der Waals surface area contributed by atoms with Gasteiger partial charge < -0.3 is 15.5 Å². The Bertz CT molecular complexity index is 451. The summed E-state index contributed by atoms with van der Waals surface area (Å²) in [7, 11) is 2.19. The monoisotopic (exact) mass is 318 g/mol. The maximum absolute atomic E-state index is 4.66. The molecule has 0 aromatic heterocycles. The van der Waals surface area contributed by atoms with Gasteiger partial charge in [0.15, 0.2) is 5.96 Å². The van der Waals surface area contributed by atoms with Crippen LogP contribution < -0.4 is 10.6 Å². The first kappa shape index (κ1) is 19.5. The second kappa shape index (κ2) is 11.1. The van der Waals surface area contributed by atoms with Gasteiger partial charge in [0, 0.05) is 19.1 Å². The second-order valence-electron chi connectivity index (χ2n) is 6.39. The van der Waals surface area contributed by atoms with Crippen LogP contribution in [0.4, 0.5) is 0 Å². The standard InChI is InChI=1S/C19H34N4/c1-6-20-19(21-13-7-8-14-23(5)16(2)3)22-15-18-11-9-17(4)10-12-18/h9-12,16H,6-8,13-15H2,1-5H3,(H2,20,21,22). The maximum atomic E-state index is 4.66. The minimum absolute atomic E-state index is 0.622. The molecule has 0 spiro atoms. The second-order valence-corrected chi connectivity index (χ2v) is 6.39. The first-order valence-corrected chi connectivity index (χ1v) is 8.81. The van der Waals surface area contributed by atoms with Crippen molar-refractivity contribution in [1.29, 1.82) is 0 Å². The molecule has 4 heteroatoms. The van der Waals surface area contributed by atoms with E-state index < -0.39 is 0 Å². The highest BCUT2D eigenvalue weighted by molar-refractivity contribution is 5.79. The number of benzene rings is 1. The number of unbranched alkanes of at least 4 members (excludes halogenated alkanes) is 1. The fourth-order valence-electron chi connectivity index (χ4n) is 2.16. The van der Waals surface area contributed by atoms with E-state index in [-0.39, 0.29) is 0 Å². The largest absolute Gasteiger partial charge is 0.357 e. The lowest BCUT2D eigenvalue weighted by Crippen LogP contribution is -2.38. The lowest BCUT2D eigenvalue weighted by molar-refractivity contribution is 0.268. The normalized spacial score (nSPS) is 12.0. The molecule has 1 rings (SSSR count). The molecule has 130 valence electrons. The van der Waals surface area contributed by atoms with Crippen LogP contribution in [0.15, 0.2) is 29.3 Å². The quantitative estimate of drug-likeness (QED) is 0.417. The van der Waals surface area contributed by atoms with Crippen molar-refractivity contribution in [2.75, 3.05) is 26.7 Å². The molecule has 0 saturated carbocycles. The number of aliphatic imine (C=N–C) groups is 1. The van der Waals surface area contributed by atoms with Crippen LogP contribution in [0.1, 0.15) is 44.7 Å². The third-order valence-corrected chi connectivity index (χ3v) is 4.00. The molecule has 0 aliphatic carbocycles. The number of rotatable bonds is 9. The topological polar surface area (TPSA) is 39.7 Å². The molecule has 2 N–H and O–H groups in total. The molecular formula is C19H34N4. The van der Waals surface area contributed by atoms with E-state index in [4.69, 9.17) is 0 Å². The summed E-state index contributed by atoms with van der Waals surface area (Å²) in [6.07, 6.45) is 2.37. The summed E-state index contributed by atoms with van der Waals surface area (Å²) in [5.74, 6) is 0.908. The van der Waals surface area contributed by atoms with E-state index in [0.717, 1.165) is 32.0 Å². The summed E-state index contributed by atoms with van der Waals surface area (Å²) < 4.78 is 0. The Labute approximate surface area is 142 Å². The lowest BCUT2D eigenvalue weighted by Gasteiger charge is -2.20. The summed E-state index contributed by atoms with van der Waals surface area (Å²) in [5.41, 5.74) is 2.53. The summed E-state index contributed by atoms with van der Waals surface area (Å²) in [6, 6.07) is 9.18. The van der Waals surface area contributed by atoms with E-state index in [9.17, 15) is 0 Å². The van der Waals surface area contributed by atoms with Gasteiger partial charge in [-0.15, -0.1) is 0 Å². The zero-order chi connectivity index (χ0) is 17.1. The van der Waals surface area contributed by atoms with Crippen LogP contribution in [0.3, 0.4) is 0 Å². The first-order valence-electron chi connectivity index (χ1n) is 8.81. The lowest BCUT2D eigenvalue weighted by atomic mass is 10.1. The molecule has 0 heterocycles. The van der Waals surface area contributed by atoms with E-state index in [1.165, 1.54) is 17.5 Å². The highest BCUT2D eigenvalue weighted by Gasteiger charge is 2.02. The van der Waals surface area contributed by atoms with Gasteiger partial charge in [-0.3, -0.25) is 0 Å². The molecule has 0 radical (unpaired) electrons. The molecule has 0 unspecified atom stereocenters. The minimum atomic E-state index is 0.622.